The molecule has 0 aliphatic carbocycles. The highest BCUT2D eigenvalue weighted by Gasteiger charge is 2.46. The number of Topliss-reactive ketones (excluding diaryl/α,β-unsaturated/α-hetero) is 1. The van der Waals surface area contributed by atoms with Crippen LogP contribution in [0.4, 0.5) is 0 Å². The van der Waals surface area contributed by atoms with Crippen LogP contribution in [0.3, 0.4) is 0 Å². The summed E-state index contributed by atoms with van der Waals surface area (Å²) < 4.78 is 17.4. The SMILES string of the molecule is CCCOc1ccc2cc(Oc3ccc(C(=O)C([S+]4CCOCC4)C(C)(C)C)cc3)ccc2c1. The van der Waals surface area contributed by atoms with Gasteiger partial charge in [-0.05, 0) is 65.7 Å². The molecule has 0 amide bonds. The van der Waals surface area contributed by atoms with Gasteiger partial charge in [-0.3, -0.25) is 4.79 Å². The van der Waals surface area contributed by atoms with Crippen molar-refractivity contribution < 1.29 is 19.0 Å². The van der Waals surface area contributed by atoms with Gasteiger partial charge in [-0.15, -0.1) is 0 Å². The molecule has 1 aliphatic heterocycles. The zero-order chi connectivity index (χ0) is 24.1. The van der Waals surface area contributed by atoms with Crippen molar-refractivity contribution in [3.8, 4) is 17.2 Å². The van der Waals surface area contributed by atoms with E-state index in [0.29, 0.717) is 0 Å². The number of benzene rings is 3. The van der Waals surface area contributed by atoms with Crippen LogP contribution in [-0.2, 0) is 15.6 Å². The molecule has 0 bridgehead atoms. The van der Waals surface area contributed by atoms with Crippen molar-refractivity contribution >= 4 is 27.5 Å². The highest BCUT2D eigenvalue weighted by atomic mass is 32.2. The molecule has 0 N–H and O–H groups in total. The van der Waals surface area contributed by atoms with Gasteiger partial charge in [0.25, 0.3) is 0 Å². The lowest BCUT2D eigenvalue weighted by molar-refractivity contribution is 0.0946. The van der Waals surface area contributed by atoms with Gasteiger partial charge in [0.15, 0.2) is 5.25 Å². The second-order valence-electron chi connectivity index (χ2n) is 9.81. The molecule has 3 aromatic carbocycles. The van der Waals surface area contributed by atoms with Gasteiger partial charge in [0.2, 0.25) is 5.78 Å². The Bertz CT molecular complexity index is 1110. The Morgan fingerprint density at radius 2 is 1.50 bits per heavy atom. The second-order valence-corrected chi connectivity index (χ2v) is 12.2. The third kappa shape index (κ3) is 5.94. The standard InChI is InChI=1S/C29H35O4S/c1-5-14-32-25-12-8-23-20-26(13-9-22(23)19-25)33-24-10-6-21(7-11-24)27(30)28(29(2,3)4)34-17-15-31-16-18-34/h6-13,19-20,28H,5,14-18H2,1-4H3/q+1. The maximum atomic E-state index is 13.5. The number of ether oxygens (including phenoxy) is 3. The summed E-state index contributed by atoms with van der Waals surface area (Å²) >= 11 is 0. The van der Waals surface area contributed by atoms with E-state index in [4.69, 9.17) is 14.2 Å². The molecule has 1 unspecified atom stereocenters. The van der Waals surface area contributed by atoms with E-state index in [9.17, 15) is 4.79 Å². The minimum Gasteiger partial charge on any atom is -0.494 e. The maximum absolute atomic E-state index is 13.5. The van der Waals surface area contributed by atoms with Gasteiger partial charge in [0.05, 0.1) is 19.8 Å². The van der Waals surface area contributed by atoms with Crippen molar-refractivity contribution in [2.45, 2.75) is 39.4 Å². The smallest absolute Gasteiger partial charge is 0.215 e. The van der Waals surface area contributed by atoms with Crippen LogP contribution in [0.25, 0.3) is 10.8 Å². The Balaban J connectivity index is 1.47. The molecule has 1 atom stereocenters. The van der Waals surface area contributed by atoms with Crippen LogP contribution in [0, 0.1) is 5.41 Å². The molecule has 1 saturated heterocycles. The van der Waals surface area contributed by atoms with E-state index in [1.165, 1.54) is 0 Å². The summed E-state index contributed by atoms with van der Waals surface area (Å²) in [5, 5.41) is 2.22. The number of carbonyl (C=O) groups is 1. The van der Waals surface area contributed by atoms with Crippen molar-refractivity contribution in [3.05, 3.63) is 66.2 Å². The highest BCUT2D eigenvalue weighted by molar-refractivity contribution is 7.98. The van der Waals surface area contributed by atoms with E-state index in [2.05, 4.69) is 39.8 Å². The first kappa shape index (κ1) is 24.6. The largest absolute Gasteiger partial charge is 0.494 e. The molecule has 4 nitrogen and oxygen atoms in total. The molecule has 180 valence electrons. The van der Waals surface area contributed by atoms with Crippen LogP contribution >= 0.6 is 0 Å². The van der Waals surface area contributed by atoms with Gasteiger partial charge < -0.3 is 14.2 Å². The number of hydrogen-bond acceptors (Lipinski definition) is 4. The summed E-state index contributed by atoms with van der Waals surface area (Å²) in [5.41, 5.74) is 0.670. The Kier molecular flexibility index (Phi) is 7.84. The van der Waals surface area contributed by atoms with Gasteiger partial charge in [0.1, 0.15) is 28.8 Å². The van der Waals surface area contributed by atoms with E-state index in [0.717, 1.165) is 71.3 Å². The van der Waals surface area contributed by atoms with Gasteiger partial charge in [-0.2, -0.15) is 0 Å². The Morgan fingerprint density at radius 1 is 0.912 bits per heavy atom. The molecular weight excluding hydrogens is 444 g/mol. The van der Waals surface area contributed by atoms with Crippen molar-refractivity contribution in [1.29, 1.82) is 0 Å². The summed E-state index contributed by atoms with van der Waals surface area (Å²) in [6, 6.07) is 19.7. The van der Waals surface area contributed by atoms with E-state index < -0.39 is 0 Å². The van der Waals surface area contributed by atoms with Gasteiger partial charge in [-0.1, -0.05) is 39.8 Å². The molecule has 4 rings (SSSR count). The summed E-state index contributed by atoms with van der Waals surface area (Å²) in [5.74, 6) is 4.56. The maximum Gasteiger partial charge on any atom is 0.215 e. The Morgan fingerprint density at radius 3 is 2.12 bits per heavy atom. The molecule has 5 heteroatoms. The predicted octanol–water partition coefficient (Wildman–Crippen LogP) is 6.67. The summed E-state index contributed by atoms with van der Waals surface area (Å²) in [6.45, 7) is 10.9. The van der Waals surface area contributed by atoms with Crippen LogP contribution in [-0.4, -0.2) is 42.4 Å². The van der Waals surface area contributed by atoms with Crippen molar-refractivity contribution in [3.63, 3.8) is 0 Å². The zero-order valence-corrected chi connectivity index (χ0v) is 21.5. The molecular formula is C29H35O4S+. The number of rotatable bonds is 8. The third-order valence-electron chi connectivity index (χ3n) is 5.97. The average molecular weight is 480 g/mol. The molecule has 3 aromatic rings. The minimum atomic E-state index is -0.0841. The lowest BCUT2D eigenvalue weighted by atomic mass is 9.87. The van der Waals surface area contributed by atoms with E-state index in [-0.39, 0.29) is 27.3 Å². The van der Waals surface area contributed by atoms with E-state index in [1.54, 1.807) is 0 Å². The fourth-order valence-electron chi connectivity index (χ4n) is 4.37. The van der Waals surface area contributed by atoms with Gasteiger partial charge in [-0.25, -0.2) is 0 Å². The summed E-state index contributed by atoms with van der Waals surface area (Å²) in [4.78, 5) is 13.5. The first-order chi connectivity index (χ1) is 16.3. The van der Waals surface area contributed by atoms with Gasteiger partial charge in [0, 0.05) is 21.9 Å². The lowest BCUT2D eigenvalue weighted by Gasteiger charge is -2.31. The fraction of sp³-hybridized carbons (Fsp3) is 0.414. The lowest BCUT2D eigenvalue weighted by Crippen LogP contribution is -2.47. The second kappa shape index (κ2) is 10.8. The first-order valence-corrected chi connectivity index (χ1v) is 13.7. The molecule has 0 spiro atoms. The van der Waals surface area contributed by atoms with Crippen LogP contribution in [0.1, 0.15) is 44.5 Å². The minimum absolute atomic E-state index is 0.00912. The normalized spacial score (nSPS) is 15.8. The number of fused-ring (bicyclic) bond motifs is 1. The van der Waals surface area contributed by atoms with Crippen LogP contribution < -0.4 is 9.47 Å². The van der Waals surface area contributed by atoms with Crippen LogP contribution in [0.15, 0.2) is 60.7 Å². The number of hydrogen-bond donors (Lipinski definition) is 0. The molecule has 1 heterocycles. The monoisotopic (exact) mass is 479 g/mol. The first-order valence-electron chi connectivity index (χ1n) is 12.1. The van der Waals surface area contributed by atoms with E-state index >= 15 is 0 Å². The molecule has 1 fully saturated rings. The summed E-state index contributed by atoms with van der Waals surface area (Å²) in [7, 11) is 0.0485. The van der Waals surface area contributed by atoms with Gasteiger partial charge >= 0.3 is 0 Å². The molecule has 34 heavy (non-hydrogen) atoms. The molecule has 0 radical (unpaired) electrons. The fourth-order valence-corrected chi connectivity index (χ4v) is 7.14. The van der Waals surface area contributed by atoms with Crippen LogP contribution in [0.2, 0.25) is 0 Å². The average Bonchev–Trinajstić information content (AvgIpc) is 2.83. The predicted molar refractivity (Wildman–Crippen MR) is 142 cm³/mol. The zero-order valence-electron chi connectivity index (χ0n) is 20.6. The number of carbonyl (C=O) groups excluding carboxylic acids is 1. The van der Waals surface area contributed by atoms with Crippen molar-refractivity contribution in [2.75, 3.05) is 31.3 Å². The highest BCUT2D eigenvalue weighted by Crippen LogP contribution is 2.33. The molecule has 0 aromatic heterocycles. The summed E-state index contributed by atoms with van der Waals surface area (Å²) in [6.07, 6.45) is 0.988. The van der Waals surface area contributed by atoms with Crippen molar-refractivity contribution in [1.82, 2.24) is 0 Å². The quantitative estimate of drug-likeness (QED) is 0.267. The third-order valence-corrected chi connectivity index (χ3v) is 8.94. The molecule has 1 aliphatic rings. The Hall–Kier alpha value is -2.50. The number of ketones is 1. The Labute approximate surface area is 206 Å². The van der Waals surface area contributed by atoms with Crippen molar-refractivity contribution in [2.24, 2.45) is 5.41 Å². The van der Waals surface area contributed by atoms with E-state index in [1.807, 2.05) is 48.5 Å². The topological polar surface area (TPSA) is 44.8 Å². The van der Waals surface area contributed by atoms with Crippen LogP contribution in [0.5, 0.6) is 17.2 Å². The molecule has 0 saturated carbocycles.